The molecule has 1 aliphatic carbocycles. The fraction of sp³-hybridized carbons (Fsp3) is 0.389. The number of benzene rings is 1. The molecular weight excluding hydrogens is 230 g/mol. The predicted molar refractivity (Wildman–Crippen MR) is 80.2 cm³/mol. The molecule has 0 radical (unpaired) electrons. The summed E-state index contributed by atoms with van der Waals surface area (Å²) in [5.74, 6) is 0.786. The van der Waals surface area contributed by atoms with Gasteiger partial charge < -0.3 is 0 Å². The number of aryl methyl sites for hydroxylation is 1. The molecule has 0 unspecified atom stereocenters. The van der Waals surface area contributed by atoms with Gasteiger partial charge in [0.05, 0.1) is 5.69 Å². The highest BCUT2D eigenvalue weighted by Gasteiger charge is 2.15. The second kappa shape index (κ2) is 5.56. The lowest BCUT2D eigenvalue weighted by molar-refractivity contribution is 0.443. The molecule has 2 aromatic rings. The van der Waals surface area contributed by atoms with Gasteiger partial charge in [-0.1, -0.05) is 49.6 Å². The Labute approximate surface area is 115 Å². The van der Waals surface area contributed by atoms with Gasteiger partial charge in [0.25, 0.3) is 0 Å². The van der Waals surface area contributed by atoms with Crippen molar-refractivity contribution >= 4 is 0 Å². The monoisotopic (exact) mass is 251 g/mol. The summed E-state index contributed by atoms with van der Waals surface area (Å²) < 4.78 is 0. The summed E-state index contributed by atoms with van der Waals surface area (Å²) in [4.78, 5) is 4.49. The van der Waals surface area contributed by atoms with E-state index in [1.807, 2.05) is 6.20 Å². The minimum Gasteiger partial charge on any atom is -0.256 e. The molecule has 1 fully saturated rings. The maximum Gasteiger partial charge on any atom is 0.0702 e. The molecule has 0 bridgehead atoms. The molecule has 0 saturated heterocycles. The molecular formula is C18H21N. The molecule has 0 N–H and O–H groups in total. The third-order valence-electron chi connectivity index (χ3n) is 4.19. The van der Waals surface area contributed by atoms with E-state index in [9.17, 15) is 0 Å². The molecule has 1 aromatic heterocycles. The summed E-state index contributed by atoms with van der Waals surface area (Å²) in [5.41, 5.74) is 5.01. The lowest BCUT2D eigenvalue weighted by atomic mass is 9.84. The molecule has 19 heavy (non-hydrogen) atoms. The Bertz CT molecular complexity index is 519. The first-order valence-electron chi connectivity index (χ1n) is 7.36. The Hall–Kier alpha value is -1.63. The highest BCUT2D eigenvalue weighted by molar-refractivity contribution is 5.59. The molecule has 1 aliphatic rings. The topological polar surface area (TPSA) is 12.9 Å². The van der Waals surface area contributed by atoms with Crippen LogP contribution in [-0.2, 0) is 0 Å². The second-order valence-corrected chi connectivity index (χ2v) is 5.68. The molecule has 0 amide bonds. The van der Waals surface area contributed by atoms with Crippen LogP contribution < -0.4 is 0 Å². The molecule has 1 heteroatoms. The number of hydrogen-bond acceptors (Lipinski definition) is 1. The lowest BCUT2D eigenvalue weighted by Crippen LogP contribution is -2.04. The largest absolute Gasteiger partial charge is 0.256 e. The molecule has 98 valence electrons. The summed E-state index contributed by atoms with van der Waals surface area (Å²) >= 11 is 0. The molecule has 0 spiro atoms. The molecule has 1 heterocycles. The standard InChI is InChI=1S/C18H21N/c1-14-7-12-18(19-13-14)17-10-8-16(9-11-17)15-5-3-2-4-6-15/h7-13,15H,2-6H2,1H3. The van der Waals surface area contributed by atoms with Crippen molar-refractivity contribution in [3.05, 3.63) is 53.7 Å². The van der Waals surface area contributed by atoms with E-state index in [0.717, 1.165) is 11.6 Å². The van der Waals surface area contributed by atoms with E-state index in [0.29, 0.717) is 0 Å². The van der Waals surface area contributed by atoms with Crippen LogP contribution in [0.5, 0.6) is 0 Å². The Morgan fingerprint density at radius 1 is 0.895 bits per heavy atom. The van der Waals surface area contributed by atoms with Gasteiger partial charge in [-0.15, -0.1) is 0 Å². The van der Waals surface area contributed by atoms with Crippen molar-refractivity contribution < 1.29 is 0 Å². The van der Waals surface area contributed by atoms with Crippen LogP contribution >= 0.6 is 0 Å². The number of aromatic nitrogens is 1. The lowest BCUT2D eigenvalue weighted by Gasteiger charge is -2.22. The summed E-state index contributed by atoms with van der Waals surface area (Å²) in [6.07, 6.45) is 8.87. The highest BCUT2D eigenvalue weighted by Crippen LogP contribution is 2.33. The van der Waals surface area contributed by atoms with Crippen LogP contribution in [0, 0.1) is 6.92 Å². The minimum absolute atomic E-state index is 0.786. The number of hydrogen-bond donors (Lipinski definition) is 0. The van der Waals surface area contributed by atoms with Crippen molar-refractivity contribution in [2.75, 3.05) is 0 Å². The van der Waals surface area contributed by atoms with Gasteiger partial charge in [-0.05, 0) is 42.9 Å². The summed E-state index contributed by atoms with van der Waals surface area (Å²) in [6, 6.07) is 13.3. The van der Waals surface area contributed by atoms with Crippen LogP contribution in [0.15, 0.2) is 42.6 Å². The maximum absolute atomic E-state index is 4.49. The Morgan fingerprint density at radius 2 is 1.63 bits per heavy atom. The first-order chi connectivity index (χ1) is 9.33. The first kappa shape index (κ1) is 12.4. The van der Waals surface area contributed by atoms with Crippen molar-refractivity contribution in [1.82, 2.24) is 4.98 Å². The van der Waals surface area contributed by atoms with E-state index in [1.165, 1.54) is 48.8 Å². The minimum atomic E-state index is 0.786. The zero-order chi connectivity index (χ0) is 13.1. The molecule has 0 atom stereocenters. The van der Waals surface area contributed by atoms with Crippen LogP contribution in [0.1, 0.15) is 49.1 Å². The van der Waals surface area contributed by atoms with Crippen molar-refractivity contribution in [3.63, 3.8) is 0 Å². The van der Waals surface area contributed by atoms with Crippen LogP contribution in [-0.4, -0.2) is 4.98 Å². The van der Waals surface area contributed by atoms with Crippen LogP contribution in [0.25, 0.3) is 11.3 Å². The van der Waals surface area contributed by atoms with Crippen LogP contribution in [0.3, 0.4) is 0 Å². The van der Waals surface area contributed by atoms with Crippen LogP contribution in [0.4, 0.5) is 0 Å². The van der Waals surface area contributed by atoms with Gasteiger partial charge in [-0.3, -0.25) is 4.98 Å². The summed E-state index contributed by atoms with van der Waals surface area (Å²) in [7, 11) is 0. The smallest absolute Gasteiger partial charge is 0.0702 e. The molecule has 1 nitrogen and oxygen atoms in total. The third-order valence-corrected chi connectivity index (χ3v) is 4.19. The average molecular weight is 251 g/mol. The van der Waals surface area contributed by atoms with Crippen molar-refractivity contribution in [1.29, 1.82) is 0 Å². The number of rotatable bonds is 2. The van der Waals surface area contributed by atoms with E-state index in [-0.39, 0.29) is 0 Å². The maximum atomic E-state index is 4.49. The second-order valence-electron chi connectivity index (χ2n) is 5.68. The Kier molecular flexibility index (Phi) is 3.63. The van der Waals surface area contributed by atoms with Gasteiger partial charge in [-0.2, -0.15) is 0 Å². The zero-order valence-corrected chi connectivity index (χ0v) is 11.6. The molecule has 0 aliphatic heterocycles. The number of nitrogens with zero attached hydrogens (tertiary/aromatic N) is 1. The zero-order valence-electron chi connectivity index (χ0n) is 11.6. The fourth-order valence-corrected chi connectivity index (χ4v) is 3.00. The fourth-order valence-electron chi connectivity index (χ4n) is 3.00. The summed E-state index contributed by atoms with van der Waals surface area (Å²) in [5, 5.41) is 0. The quantitative estimate of drug-likeness (QED) is 0.723. The summed E-state index contributed by atoms with van der Waals surface area (Å²) in [6.45, 7) is 2.07. The molecule has 1 saturated carbocycles. The first-order valence-corrected chi connectivity index (χ1v) is 7.36. The molecule has 1 aromatic carbocycles. The van der Waals surface area contributed by atoms with E-state index in [1.54, 1.807) is 0 Å². The highest BCUT2D eigenvalue weighted by atomic mass is 14.7. The third kappa shape index (κ3) is 2.86. The van der Waals surface area contributed by atoms with E-state index < -0.39 is 0 Å². The van der Waals surface area contributed by atoms with Gasteiger partial charge in [-0.25, -0.2) is 0 Å². The van der Waals surface area contributed by atoms with Crippen molar-refractivity contribution in [3.8, 4) is 11.3 Å². The number of pyridine rings is 1. The van der Waals surface area contributed by atoms with E-state index in [4.69, 9.17) is 0 Å². The van der Waals surface area contributed by atoms with Crippen molar-refractivity contribution in [2.24, 2.45) is 0 Å². The van der Waals surface area contributed by atoms with Gasteiger partial charge in [0.2, 0.25) is 0 Å². The van der Waals surface area contributed by atoms with Crippen molar-refractivity contribution in [2.45, 2.75) is 44.9 Å². The van der Waals surface area contributed by atoms with E-state index >= 15 is 0 Å². The Balaban J connectivity index is 1.80. The van der Waals surface area contributed by atoms with Gasteiger partial charge in [0, 0.05) is 11.8 Å². The molecule has 3 rings (SSSR count). The Morgan fingerprint density at radius 3 is 2.26 bits per heavy atom. The van der Waals surface area contributed by atoms with Gasteiger partial charge in [0.1, 0.15) is 0 Å². The van der Waals surface area contributed by atoms with Gasteiger partial charge >= 0.3 is 0 Å². The van der Waals surface area contributed by atoms with Crippen LogP contribution in [0.2, 0.25) is 0 Å². The average Bonchev–Trinajstić information content (AvgIpc) is 2.49. The predicted octanol–water partition coefficient (Wildman–Crippen LogP) is 5.10. The van der Waals surface area contributed by atoms with E-state index in [2.05, 4.69) is 48.3 Å². The SMILES string of the molecule is Cc1ccc(-c2ccc(C3CCCCC3)cc2)nc1. The normalized spacial score (nSPS) is 16.5. The van der Waals surface area contributed by atoms with Gasteiger partial charge in [0.15, 0.2) is 0 Å².